The number of amides is 7. The van der Waals surface area contributed by atoms with Gasteiger partial charge in [-0.25, -0.2) is 23.7 Å². The number of carbonyl (C=O) groups excluding carboxylic acids is 4. The number of hydrogen-bond donors (Lipinski definition) is 14. The maximum absolute atomic E-state index is 12.7. The maximum atomic E-state index is 12.7. The normalized spacial score (nSPS) is 10.8. The third-order valence-electron chi connectivity index (χ3n) is 13.0. The lowest BCUT2D eigenvalue weighted by molar-refractivity contribution is -0.138. The van der Waals surface area contributed by atoms with E-state index in [0.717, 1.165) is 109 Å². The second-order valence-electron chi connectivity index (χ2n) is 19.2. The van der Waals surface area contributed by atoms with Gasteiger partial charge < -0.3 is 72.9 Å². The lowest BCUT2D eigenvalue weighted by Crippen LogP contribution is -2.28. The van der Waals surface area contributed by atoms with Crippen LogP contribution in [0.2, 0.25) is 0 Å². The van der Waals surface area contributed by atoms with Gasteiger partial charge >= 0.3 is 42.9 Å². The zero-order valence-electron chi connectivity index (χ0n) is 48.9. The third kappa shape index (κ3) is 19.6. The molecule has 0 spiro atoms. The Hall–Kier alpha value is -9.73. The van der Waals surface area contributed by atoms with Crippen molar-refractivity contribution in [2.45, 2.75) is 12.4 Å². The number of nitrogen functional groups attached to an aromatic ring is 1. The van der Waals surface area contributed by atoms with Crippen molar-refractivity contribution in [1.29, 1.82) is 0 Å². The number of H-pyrrole nitrogens is 4. The Balaban J connectivity index is 0.000000168. The van der Waals surface area contributed by atoms with Gasteiger partial charge in [-0.05, 0) is 132 Å². The molecule has 15 N–H and O–H groups in total. The summed E-state index contributed by atoms with van der Waals surface area (Å²) < 4.78 is 81.0. The van der Waals surface area contributed by atoms with Gasteiger partial charge in [0, 0.05) is 140 Å². The Morgan fingerprint density at radius 3 is 1.23 bits per heavy atom. The number of rotatable bonds is 7. The molecular weight excluding hydrogens is 1440 g/mol. The number of nitrogens with two attached hydrogens (primary N) is 1. The van der Waals surface area contributed by atoms with Crippen LogP contribution in [0.15, 0.2) is 184 Å². The number of nitrogens with one attached hydrogen (secondary N) is 11. The summed E-state index contributed by atoms with van der Waals surface area (Å²) >= 11 is 14.9. The molecule has 93 heavy (non-hydrogen) atoms. The number of hydrogen-bond acceptors (Lipinski definition) is 9. The monoisotopic (exact) mass is 1490 g/mol. The van der Waals surface area contributed by atoms with Crippen LogP contribution < -0.4 is 48.4 Å². The average molecular weight is 1500 g/mol. The van der Waals surface area contributed by atoms with Gasteiger partial charge in [0.2, 0.25) is 0 Å². The fraction of sp³-hybridized carbons (Fsp3) is 0.100. The fourth-order valence-corrected chi connectivity index (χ4v) is 9.38. The van der Waals surface area contributed by atoms with Gasteiger partial charge in [-0.2, -0.15) is 36.5 Å². The first-order valence-corrected chi connectivity index (χ1v) is 29.7. The van der Waals surface area contributed by atoms with Gasteiger partial charge in [0.25, 0.3) is 0 Å². The van der Waals surface area contributed by atoms with Crippen molar-refractivity contribution >= 4 is 162 Å². The average Bonchev–Trinajstić information content (AvgIpc) is 1.84. The molecule has 7 amide bonds. The number of benzene rings is 6. The SMILES string of the molecule is CNC(=O)Cl.CNC(=O)Nc1c[nH]c2ccc(-c3cnn(-c4ccc(C(F)(F)F)cc4)c3)cc12.CNC(=O)Nc1c[nH]c2ccc(Br)cc12.CNC(=O)Nc1c[nH]c2ccc(Br)cc12.Nc1c[nH]c2ccc(Br)cc12.OB(O)c1cnn(-c2ccc(C(F)(F)F)cc2)c1. The van der Waals surface area contributed by atoms with E-state index in [1.807, 2.05) is 72.8 Å². The van der Waals surface area contributed by atoms with Crippen LogP contribution in [-0.2, 0) is 12.4 Å². The first-order valence-electron chi connectivity index (χ1n) is 27.0. The van der Waals surface area contributed by atoms with Crippen LogP contribution in [0.3, 0.4) is 0 Å². The molecule has 0 saturated carbocycles. The number of aromatic amines is 4. The van der Waals surface area contributed by atoms with Crippen molar-refractivity contribution in [3.8, 4) is 22.5 Å². The summed E-state index contributed by atoms with van der Waals surface area (Å²) in [5.74, 6) is 0. The minimum Gasteiger partial charge on any atom is -0.423 e. The molecule has 0 saturated heterocycles. The highest BCUT2D eigenvalue weighted by atomic mass is 79.9. The number of nitrogens with zero attached hydrogens (tertiary/aromatic N) is 4. The first kappa shape index (κ1) is 70.7. The second kappa shape index (κ2) is 32.0. The summed E-state index contributed by atoms with van der Waals surface area (Å²) in [5, 5.41) is 47.1. The predicted molar refractivity (Wildman–Crippen MR) is 361 cm³/mol. The van der Waals surface area contributed by atoms with Crippen LogP contribution in [-0.4, -0.2) is 108 Å². The van der Waals surface area contributed by atoms with Crippen LogP contribution in [0.5, 0.6) is 0 Å². The Morgan fingerprint density at radius 2 is 0.849 bits per heavy atom. The summed E-state index contributed by atoms with van der Waals surface area (Å²) in [4.78, 5) is 55.7. The highest BCUT2D eigenvalue weighted by Gasteiger charge is 2.31. The lowest BCUT2D eigenvalue weighted by atomic mass is 9.83. The minimum absolute atomic E-state index is 0.162. The number of halogens is 10. The molecular formula is C60H55BBr3ClF6N16O6. The molecule has 6 aromatic carbocycles. The molecule has 12 aromatic rings. The van der Waals surface area contributed by atoms with Crippen molar-refractivity contribution < 1.29 is 55.6 Å². The lowest BCUT2D eigenvalue weighted by Gasteiger charge is -2.07. The van der Waals surface area contributed by atoms with Gasteiger partial charge in [-0.15, -0.1) is 0 Å². The summed E-state index contributed by atoms with van der Waals surface area (Å²) in [6, 6.07) is 31.8. The molecule has 22 nitrogen and oxygen atoms in total. The number of anilines is 4. The molecule has 484 valence electrons. The summed E-state index contributed by atoms with van der Waals surface area (Å²) in [6.45, 7) is 0. The van der Waals surface area contributed by atoms with Gasteiger partial charge in [-0.1, -0.05) is 53.9 Å². The van der Waals surface area contributed by atoms with Crippen molar-refractivity contribution in [2.75, 3.05) is 49.9 Å². The highest BCUT2D eigenvalue weighted by molar-refractivity contribution is 9.11. The first-order chi connectivity index (χ1) is 44.2. The van der Waals surface area contributed by atoms with Crippen LogP contribution in [0.4, 0.5) is 68.3 Å². The van der Waals surface area contributed by atoms with Crippen LogP contribution in [0, 0.1) is 0 Å². The van der Waals surface area contributed by atoms with Crippen molar-refractivity contribution in [3.05, 3.63) is 195 Å². The van der Waals surface area contributed by atoms with Gasteiger partial charge in [0.05, 0.1) is 51.4 Å². The van der Waals surface area contributed by atoms with Crippen LogP contribution >= 0.6 is 59.4 Å². The molecule has 0 aliphatic rings. The van der Waals surface area contributed by atoms with Crippen molar-refractivity contribution in [3.63, 3.8) is 0 Å². The van der Waals surface area contributed by atoms with Crippen LogP contribution in [0.1, 0.15) is 11.1 Å². The number of urea groups is 3. The standard InChI is InChI=1S/C20H16F3N5O.C10H8BF3N2O2.2C10H10BrN3O.C8H7BrN2.C2H4ClNO/c1-24-19(29)27-18-10-25-17-7-2-12(8-16(17)18)13-9-26-28(11-13)15-5-3-14(4-6-15)20(21,22)23;12-10(13,14)7-1-3-9(4-2-7)16-6-8(5-15-16)11(17)18;2*1-12-10(15)14-9-5-13-8-3-2-6(11)4-7(8)9;9-5-1-2-8-6(3-5)7(10)4-11-8;1-4-2(3)5/h2-11,25H,1H3,(H2,24,27,29);1-6,17-18H;2*2-5,13H,1H3,(H2,12,14,15);1-4,11H,10H2;1H3,(H,4,5). The molecule has 0 fully saturated rings. The third-order valence-corrected chi connectivity index (χ3v) is 14.7. The molecule has 6 aromatic heterocycles. The highest BCUT2D eigenvalue weighted by Crippen LogP contribution is 2.34. The number of fused-ring (bicyclic) bond motifs is 4. The van der Waals surface area contributed by atoms with Crippen LogP contribution in [0.25, 0.3) is 66.1 Å². The van der Waals surface area contributed by atoms with E-state index in [4.69, 9.17) is 27.4 Å². The Bertz CT molecular complexity index is 4420. The molecule has 0 unspecified atom stereocenters. The summed E-state index contributed by atoms with van der Waals surface area (Å²) in [6.07, 6.45) is 4.22. The Labute approximate surface area is 555 Å². The van der Waals surface area contributed by atoms with E-state index in [-0.39, 0.29) is 23.6 Å². The zero-order valence-corrected chi connectivity index (χ0v) is 54.4. The summed E-state index contributed by atoms with van der Waals surface area (Å²) in [7, 11) is 4.51. The fourth-order valence-electron chi connectivity index (χ4n) is 8.30. The predicted octanol–water partition coefficient (Wildman–Crippen LogP) is 13.8. The van der Waals surface area contributed by atoms with Crippen molar-refractivity contribution in [2.24, 2.45) is 0 Å². The van der Waals surface area contributed by atoms with Gasteiger partial charge in [0.1, 0.15) is 0 Å². The molecule has 0 atom stereocenters. The molecule has 0 aliphatic heterocycles. The van der Waals surface area contributed by atoms with Gasteiger partial charge in [-0.3, -0.25) is 4.79 Å². The van der Waals surface area contributed by atoms with E-state index in [0.29, 0.717) is 17.1 Å². The molecule has 33 heteroatoms. The van der Waals surface area contributed by atoms with E-state index < -0.39 is 36.0 Å². The molecule has 0 radical (unpaired) electrons. The van der Waals surface area contributed by atoms with Crippen molar-refractivity contribution in [1.82, 2.24) is 60.8 Å². The topological polar surface area (TPSA) is 318 Å². The molecule has 6 heterocycles. The van der Waals surface area contributed by atoms with E-state index in [1.54, 1.807) is 51.3 Å². The Kier molecular flexibility index (Phi) is 24.4. The van der Waals surface area contributed by atoms with E-state index in [9.17, 15) is 45.5 Å². The summed E-state index contributed by atoms with van der Waals surface area (Å²) in [5.41, 5.74) is 13.8. The van der Waals surface area contributed by atoms with E-state index in [1.165, 1.54) is 60.1 Å². The Morgan fingerprint density at radius 1 is 0.495 bits per heavy atom. The number of carbonyl (C=O) groups is 4. The zero-order chi connectivity index (χ0) is 67.7. The maximum Gasteiger partial charge on any atom is 0.491 e. The smallest absolute Gasteiger partial charge is 0.423 e. The largest absolute Gasteiger partial charge is 0.491 e. The minimum atomic E-state index is -4.38. The molecule has 0 aliphatic carbocycles. The molecule has 0 bridgehead atoms. The molecule has 12 rings (SSSR count). The number of aromatic nitrogens is 8. The van der Waals surface area contributed by atoms with Gasteiger partial charge in [0.15, 0.2) is 0 Å². The van der Waals surface area contributed by atoms with E-state index in [2.05, 4.69) is 115 Å². The quantitative estimate of drug-likeness (QED) is 0.0312. The van der Waals surface area contributed by atoms with E-state index >= 15 is 0 Å². The number of alkyl halides is 6. The second-order valence-corrected chi connectivity index (χ2v) is 22.3.